The van der Waals surface area contributed by atoms with Gasteiger partial charge >= 0.3 is 0 Å². The van der Waals surface area contributed by atoms with Gasteiger partial charge in [0.15, 0.2) is 6.29 Å². The number of aliphatic hydroxyl groups is 3. The zero-order valence-corrected chi connectivity index (χ0v) is 15.7. The van der Waals surface area contributed by atoms with Gasteiger partial charge in [0, 0.05) is 5.92 Å². The lowest BCUT2D eigenvalue weighted by Gasteiger charge is -2.40. The van der Waals surface area contributed by atoms with Gasteiger partial charge in [-0.2, -0.15) is 0 Å². The fourth-order valence-corrected chi connectivity index (χ4v) is 3.01. The maximum absolute atomic E-state index is 12.3. The van der Waals surface area contributed by atoms with E-state index in [2.05, 4.69) is 0 Å². The van der Waals surface area contributed by atoms with Gasteiger partial charge in [0.05, 0.1) is 31.4 Å². The Morgan fingerprint density at radius 1 is 1.11 bits per heavy atom. The van der Waals surface area contributed by atoms with Crippen LogP contribution in [0.3, 0.4) is 0 Å². The van der Waals surface area contributed by atoms with E-state index in [0.29, 0.717) is 0 Å². The molecule has 1 saturated heterocycles. The molecule has 9 nitrogen and oxygen atoms in total. The lowest BCUT2D eigenvalue weighted by Crippen LogP contribution is -2.56. The van der Waals surface area contributed by atoms with Crippen molar-refractivity contribution in [2.75, 3.05) is 13.2 Å². The molecule has 0 amide bonds. The van der Waals surface area contributed by atoms with E-state index in [9.17, 15) is 24.9 Å². The molecular weight excluding hydrogens is 368 g/mol. The smallest absolute Gasteiger partial charge is 0.219 e. The molecule has 3 unspecified atom stereocenters. The summed E-state index contributed by atoms with van der Waals surface area (Å²) in [7, 11) is 0. The number of ether oxygens (including phenoxy) is 2. The van der Waals surface area contributed by atoms with Crippen LogP contribution in [0.15, 0.2) is 30.3 Å². The summed E-state index contributed by atoms with van der Waals surface area (Å²) >= 11 is 0. The van der Waals surface area contributed by atoms with Crippen LogP contribution in [0.2, 0.25) is 0 Å². The maximum Gasteiger partial charge on any atom is 0.219 e. The highest BCUT2D eigenvalue weighted by Gasteiger charge is 2.42. The fraction of sp³-hybridized carbons (Fsp3) is 0.579. The SMILES string of the molecule is C[C@@H]1C(OC[C@H](N)C(=O)C(=O)[C@@H](N)Cc2ccccc2)OC(CO)[C@@H](O)C1O. The summed E-state index contributed by atoms with van der Waals surface area (Å²) in [5.41, 5.74) is 12.4. The average Bonchev–Trinajstić information content (AvgIpc) is 2.70. The number of Topliss-reactive ketones (excluding diaryl/α,β-unsaturated/α-hetero) is 2. The molecule has 156 valence electrons. The van der Waals surface area contributed by atoms with Crippen molar-refractivity contribution in [1.29, 1.82) is 0 Å². The molecule has 0 bridgehead atoms. The molecule has 28 heavy (non-hydrogen) atoms. The van der Waals surface area contributed by atoms with E-state index < -0.39 is 60.8 Å². The number of rotatable bonds is 9. The fourth-order valence-electron chi connectivity index (χ4n) is 3.01. The van der Waals surface area contributed by atoms with Gasteiger partial charge < -0.3 is 36.3 Å². The Bertz CT molecular complexity index is 655. The van der Waals surface area contributed by atoms with E-state index in [1.54, 1.807) is 19.1 Å². The zero-order valence-electron chi connectivity index (χ0n) is 15.7. The van der Waals surface area contributed by atoms with E-state index in [4.69, 9.17) is 20.9 Å². The second-order valence-corrected chi connectivity index (χ2v) is 7.03. The Kier molecular flexibility index (Phi) is 8.20. The molecule has 9 heteroatoms. The number of carbonyl (C=O) groups is 2. The molecule has 1 fully saturated rings. The van der Waals surface area contributed by atoms with E-state index in [0.717, 1.165) is 5.56 Å². The molecule has 1 aliphatic heterocycles. The standard InChI is InChI=1S/C19H28N2O7/c1-10-15(23)18(26)14(8-22)28-19(10)27-9-13(21)17(25)16(24)12(20)7-11-5-3-2-4-6-11/h2-6,10,12-15,18-19,22-23,26H,7-9,20-21H2,1H3/t10-,12-,13-,14?,15?,18+,19?/m0/s1. The predicted octanol–water partition coefficient (Wildman–Crippen LogP) is -1.89. The van der Waals surface area contributed by atoms with E-state index >= 15 is 0 Å². The van der Waals surface area contributed by atoms with Crippen LogP contribution in [0.4, 0.5) is 0 Å². The topological polar surface area (TPSA) is 165 Å². The monoisotopic (exact) mass is 396 g/mol. The molecule has 0 saturated carbocycles. The second kappa shape index (κ2) is 10.2. The van der Waals surface area contributed by atoms with E-state index in [1.807, 2.05) is 18.2 Å². The van der Waals surface area contributed by atoms with Crippen LogP contribution in [0.25, 0.3) is 0 Å². The molecule has 0 aliphatic carbocycles. The summed E-state index contributed by atoms with van der Waals surface area (Å²) in [6, 6.07) is 6.80. The van der Waals surface area contributed by atoms with Crippen LogP contribution in [-0.2, 0) is 25.5 Å². The average molecular weight is 396 g/mol. The van der Waals surface area contributed by atoms with Gasteiger partial charge in [0.1, 0.15) is 12.2 Å². The minimum atomic E-state index is -1.26. The third-order valence-corrected chi connectivity index (χ3v) is 4.84. The first kappa shape index (κ1) is 22.6. The number of hydrogen-bond donors (Lipinski definition) is 5. The van der Waals surface area contributed by atoms with Crippen LogP contribution in [0, 0.1) is 5.92 Å². The summed E-state index contributed by atoms with van der Waals surface area (Å²) in [5.74, 6) is -2.27. The van der Waals surface area contributed by atoms with Crippen molar-refractivity contribution < 1.29 is 34.4 Å². The van der Waals surface area contributed by atoms with Crippen molar-refractivity contribution in [2.24, 2.45) is 17.4 Å². The van der Waals surface area contributed by atoms with Crippen molar-refractivity contribution in [3.63, 3.8) is 0 Å². The highest BCUT2D eigenvalue weighted by molar-refractivity contribution is 6.41. The summed E-state index contributed by atoms with van der Waals surface area (Å²) in [5, 5.41) is 29.0. The zero-order chi connectivity index (χ0) is 20.8. The minimum absolute atomic E-state index is 0.212. The van der Waals surface area contributed by atoms with Crippen molar-refractivity contribution in [1.82, 2.24) is 0 Å². The van der Waals surface area contributed by atoms with Crippen LogP contribution in [0.1, 0.15) is 12.5 Å². The molecule has 1 aliphatic rings. The third kappa shape index (κ3) is 5.42. The Morgan fingerprint density at radius 3 is 2.32 bits per heavy atom. The highest BCUT2D eigenvalue weighted by Crippen LogP contribution is 2.26. The van der Waals surface area contributed by atoms with Gasteiger partial charge in [-0.1, -0.05) is 37.3 Å². The molecule has 1 aromatic carbocycles. The maximum atomic E-state index is 12.3. The first-order valence-electron chi connectivity index (χ1n) is 9.13. The van der Waals surface area contributed by atoms with Crippen LogP contribution in [0.5, 0.6) is 0 Å². The second-order valence-electron chi connectivity index (χ2n) is 7.03. The first-order valence-corrected chi connectivity index (χ1v) is 9.13. The molecule has 1 aromatic rings. The number of aliphatic hydroxyl groups excluding tert-OH is 3. The molecule has 0 aromatic heterocycles. The summed E-state index contributed by atoms with van der Waals surface area (Å²) in [6.07, 6.45) is -4.24. The van der Waals surface area contributed by atoms with Gasteiger partial charge in [0.2, 0.25) is 11.6 Å². The molecule has 7 atom stereocenters. The minimum Gasteiger partial charge on any atom is -0.394 e. The summed E-state index contributed by atoms with van der Waals surface area (Å²) in [6.45, 7) is 0.738. The molecule has 1 heterocycles. The lowest BCUT2D eigenvalue weighted by molar-refractivity contribution is -0.282. The van der Waals surface area contributed by atoms with Gasteiger partial charge in [-0.25, -0.2) is 0 Å². The predicted molar refractivity (Wildman–Crippen MR) is 99.0 cm³/mol. The number of hydrogen-bond acceptors (Lipinski definition) is 9. The van der Waals surface area contributed by atoms with Crippen molar-refractivity contribution in [3.8, 4) is 0 Å². The largest absolute Gasteiger partial charge is 0.394 e. The third-order valence-electron chi connectivity index (χ3n) is 4.84. The number of nitrogens with two attached hydrogens (primary N) is 2. The Labute approximate surface area is 163 Å². The summed E-state index contributed by atoms with van der Waals surface area (Å²) < 4.78 is 10.8. The van der Waals surface area contributed by atoms with E-state index in [1.165, 1.54) is 0 Å². The van der Waals surface area contributed by atoms with Crippen LogP contribution < -0.4 is 11.5 Å². The molecule has 2 rings (SSSR count). The summed E-state index contributed by atoms with van der Waals surface area (Å²) in [4.78, 5) is 24.5. The highest BCUT2D eigenvalue weighted by atomic mass is 16.7. The number of benzene rings is 1. The van der Waals surface area contributed by atoms with Crippen LogP contribution in [-0.4, -0.2) is 76.8 Å². The molecule has 0 radical (unpaired) electrons. The lowest BCUT2D eigenvalue weighted by atomic mass is 9.92. The molecule has 0 spiro atoms. The van der Waals surface area contributed by atoms with Crippen molar-refractivity contribution in [3.05, 3.63) is 35.9 Å². The van der Waals surface area contributed by atoms with E-state index in [-0.39, 0.29) is 13.0 Å². The normalized spacial score (nSPS) is 29.9. The Morgan fingerprint density at radius 2 is 1.71 bits per heavy atom. The van der Waals surface area contributed by atoms with Crippen molar-refractivity contribution in [2.45, 2.75) is 50.0 Å². The van der Waals surface area contributed by atoms with Gasteiger partial charge in [0.25, 0.3) is 0 Å². The van der Waals surface area contributed by atoms with Gasteiger partial charge in [-0.15, -0.1) is 0 Å². The Hall–Kier alpha value is -1.72. The first-order chi connectivity index (χ1) is 13.3. The number of carbonyl (C=O) groups excluding carboxylic acids is 2. The molecule has 7 N–H and O–H groups in total. The van der Waals surface area contributed by atoms with Crippen molar-refractivity contribution >= 4 is 11.6 Å². The van der Waals surface area contributed by atoms with Crippen LogP contribution >= 0.6 is 0 Å². The Balaban J connectivity index is 1.88. The number of ketones is 2. The molecular formula is C19H28N2O7. The quantitative estimate of drug-likeness (QED) is 0.300. The van der Waals surface area contributed by atoms with Gasteiger partial charge in [-0.3, -0.25) is 9.59 Å². The van der Waals surface area contributed by atoms with Gasteiger partial charge in [-0.05, 0) is 12.0 Å².